The van der Waals surface area contributed by atoms with Crippen LogP contribution in [0.15, 0.2) is 24.3 Å². The number of ether oxygens (including phenoxy) is 2. The lowest BCUT2D eigenvalue weighted by atomic mass is 10.0. The average Bonchev–Trinajstić information content (AvgIpc) is 3.15. The van der Waals surface area contributed by atoms with Crippen molar-refractivity contribution in [3.63, 3.8) is 0 Å². The SMILES string of the molecule is CCCCCCCCCCCCCCCCCCCCCCCC(=O)O[C@H](COC(=O)CCCCCCC/C=C\C=C\C(=O)CCCCC)COP(=O)(O)O. The normalized spacial score (nSPS) is 12.5. The minimum absolute atomic E-state index is 0.175. The van der Waals surface area contributed by atoms with Gasteiger partial charge in [0.1, 0.15) is 6.61 Å². The monoisotopic (exact) mass is 799 g/mol. The minimum atomic E-state index is -4.77. The number of carbonyl (C=O) groups is 3. The molecule has 0 aromatic rings. The highest BCUT2D eigenvalue weighted by atomic mass is 31.2. The van der Waals surface area contributed by atoms with Crippen molar-refractivity contribution in [2.24, 2.45) is 0 Å². The Kier molecular flexibility index (Phi) is 39.1. The number of esters is 2. The Morgan fingerprint density at radius 2 is 0.909 bits per heavy atom. The fourth-order valence-corrected chi connectivity index (χ4v) is 6.89. The molecule has 0 aromatic heterocycles. The zero-order valence-electron chi connectivity index (χ0n) is 35.3. The average molecular weight is 799 g/mol. The van der Waals surface area contributed by atoms with E-state index in [2.05, 4.69) is 24.4 Å². The molecule has 10 heteroatoms. The minimum Gasteiger partial charge on any atom is -0.462 e. The van der Waals surface area contributed by atoms with Crippen molar-refractivity contribution in [1.29, 1.82) is 0 Å². The van der Waals surface area contributed by atoms with Gasteiger partial charge >= 0.3 is 19.8 Å². The zero-order chi connectivity index (χ0) is 40.5. The predicted octanol–water partition coefficient (Wildman–Crippen LogP) is 13.1. The summed E-state index contributed by atoms with van der Waals surface area (Å²) < 4.78 is 26.4. The fraction of sp³-hybridized carbons (Fsp3) is 0.844. The molecule has 0 heterocycles. The highest BCUT2D eigenvalue weighted by Crippen LogP contribution is 2.36. The molecule has 0 bridgehead atoms. The Hall–Kier alpha value is -1.80. The number of phosphoric ester groups is 1. The first kappa shape index (κ1) is 53.2. The first-order valence-corrected chi connectivity index (χ1v) is 24.1. The molecular formula is C45H83O9P. The van der Waals surface area contributed by atoms with Crippen LogP contribution < -0.4 is 0 Å². The second-order valence-corrected chi connectivity index (χ2v) is 16.7. The molecule has 9 nitrogen and oxygen atoms in total. The molecule has 2 N–H and O–H groups in total. The molecule has 0 saturated heterocycles. The third kappa shape index (κ3) is 43.2. The first-order chi connectivity index (χ1) is 26.7. The van der Waals surface area contributed by atoms with Crippen LogP contribution in [0.1, 0.15) is 226 Å². The van der Waals surface area contributed by atoms with Gasteiger partial charge in [0.15, 0.2) is 11.9 Å². The molecule has 0 aromatic carbocycles. The summed E-state index contributed by atoms with van der Waals surface area (Å²) in [4.78, 5) is 54.6. The number of unbranched alkanes of at least 4 members (excludes halogenated alkanes) is 27. The maximum atomic E-state index is 12.4. The molecule has 0 aliphatic rings. The van der Waals surface area contributed by atoms with Crippen LogP contribution in [0.25, 0.3) is 0 Å². The van der Waals surface area contributed by atoms with Crippen LogP contribution in [0.4, 0.5) is 0 Å². The third-order valence-electron chi connectivity index (χ3n) is 9.95. The van der Waals surface area contributed by atoms with E-state index < -0.39 is 32.5 Å². The lowest BCUT2D eigenvalue weighted by Crippen LogP contribution is -2.29. The van der Waals surface area contributed by atoms with E-state index in [4.69, 9.17) is 19.3 Å². The van der Waals surface area contributed by atoms with Crippen LogP contribution in [0, 0.1) is 0 Å². The van der Waals surface area contributed by atoms with Crippen molar-refractivity contribution >= 4 is 25.5 Å². The Morgan fingerprint density at radius 1 is 0.509 bits per heavy atom. The molecule has 0 spiro atoms. The standard InChI is InChI=1S/C45H83O9P/c1-3-5-7-8-9-10-11-12-13-14-15-16-17-18-19-20-21-24-28-31-35-39-45(48)54-43(41-53-55(49,50)51)40-52-44(47)38-34-30-27-25-22-23-26-29-33-37-42(46)36-32-6-4-2/h26,29,33,37,43H,3-25,27-28,30-32,34-36,38-41H2,1-2H3,(H2,49,50,51)/b29-26-,37-33+/t43-/m1/s1. The van der Waals surface area contributed by atoms with E-state index >= 15 is 0 Å². The number of allylic oxidation sites excluding steroid dienone is 4. The molecule has 0 aliphatic carbocycles. The third-order valence-corrected chi connectivity index (χ3v) is 10.4. The van der Waals surface area contributed by atoms with E-state index in [0.29, 0.717) is 19.3 Å². The van der Waals surface area contributed by atoms with Crippen molar-refractivity contribution in [2.75, 3.05) is 13.2 Å². The lowest BCUT2D eigenvalue weighted by molar-refractivity contribution is -0.161. The van der Waals surface area contributed by atoms with Gasteiger partial charge in [0.2, 0.25) is 0 Å². The van der Waals surface area contributed by atoms with E-state index in [1.807, 2.05) is 12.2 Å². The van der Waals surface area contributed by atoms with Crippen LogP contribution in [0.5, 0.6) is 0 Å². The van der Waals surface area contributed by atoms with Crippen molar-refractivity contribution in [2.45, 2.75) is 232 Å². The molecule has 0 amide bonds. The molecular weight excluding hydrogens is 715 g/mol. The summed E-state index contributed by atoms with van der Waals surface area (Å²) in [5.74, 6) is -0.760. The molecule has 0 radical (unpaired) electrons. The number of ketones is 1. The first-order valence-electron chi connectivity index (χ1n) is 22.6. The molecule has 55 heavy (non-hydrogen) atoms. The van der Waals surface area contributed by atoms with Gasteiger partial charge in [0, 0.05) is 19.3 Å². The smallest absolute Gasteiger partial charge is 0.462 e. The lowest BCUT2D eigenvalue weighted by Gasteiger charge is -2.18. The number of hydrogen-bond acceptors (Lipinski definition) is 7. The molecule has 0 rings (SSSR count). The fourth-order valence-electron chi connectivity index (χ4n) is 6.53. The summed E-state index contributed by atoms with van der Waals surface area (Å²) in [5.41, 5.74) is 0. The Morgan fingerprint density at radius 3 is 1.38 bits per heavy atom. The Labute approximate surface area is 336 Å². The molecule has 322 valence electrons. The number of hydrogen-bond donors (Lipinski definition) is 2. The van der Waals surface area contributed by atoms with Gasteiger partial charge in [-0.25, -0.2) is 4.57 Å². The maximum absolute atomic E-state index is 12.4. The maximum Gasteiger partial charge on any atom is 0.469 e. The number of phosphoric acid groups is 1. The van der Waals surface area contributed by atoms with Crippen molar-refractivity contribution in [1.82, 2.24) is 0 Å². The van der Waals surface area contributed by atoms with Crippen molar-refractivity contribution < 1.29 is 42.7 Å². The predicted molar refractivity (Wildman–Crippen MR) is 226 cm³/mol. The van der Waals surface area contributed by atoms with Crippen LogP contribution >= 0.6 is 7.82 Å². The summed E-state index contributed by atoms with van der Waals surface area (Å²) >= 11 is 0. The molecule has 0 saturated carbocycles. The van der Waals surface area contributed by atoms with Gasteiger partial charge < -0.3 is 19.3 Å². The molecule has 0 fully saturated rings. The summed E-state index contributed by atoms with van der Waals surface area (Å²) in [6.45, 7) is 3.53. The molecule has 0 unspecified atom stereocenters. The Bertz CT molecular complexity index is 1010. The summed E-state index contributed by atoms with van der Waals surface area (Å²) in [6.07, 6.45) is 43.1. The van der Waals surface area contributed by atoms with Crippen molar-refractivity contribution in [3.8, 4) is 0 Å². The van der Waals surface area contributed by atoms with E-state index in [1.54, 1.807) is 6.08 Å². The van der Waals surface area contributed by atoms with E-state index in [1.165, 1.54) is 109 Å². The van der Waals surface area contributed by atoms with Gasteiger partial charge in [-0.3, -0.25) is 18.9 Å². The van der Waals surface area contributed by atoms with Crippen LogP contribution in [0.3, 0.4) is 0 Å². The Balaban J connectivity index is 3.89. The quantitative estimate of drug-likeness (QED) is 0.0203. The van der Waals surface area contributed by atoms with E-state index in [9.17, 15) is 18.9 Å². The second kappa shape index (κ2) is 40.4. The second-order valence-electron chi connectivity index (χ2n) is 15.4. The van der Waals surface area contributed by atoms with E-state index in [-0.39, 0.29) is 25.2 Å². The van der Waals surface area contributed by atoms with Crippen molar-refractivity contribution in [3.05, 3.63) is 24.3 Å². The number of rotatable bonds is 42. The largest absolute Gasteiger partial charge is 0.469 e. The summed E-state index contributed by atoms with van der Waals surface area (Å²) in [5, 5.41) is 0. The van der Waals surface area contributed by atoms with E-state index in [0.717, 1.165) is 70.6 Å². The highest BCUT2D eigenvalue weighted by molar-refractivity contribution is 7.46. The van der Waals surface area contributed by atoms with Gasteiger partial charge in [-0.05, 0) is 38.2 Å². The van der Waals surface area contributed by atoms with Gasteiger partial charge in [-0.2, -0.15) is 0 Å². The van der Waals surface area contributed by atoms with Gasteiger partial charge in [0.05, 0.1) is 6.61 Å². The molecule has 0 aliphatic heterocycles. The van der Waals surface area contributed by atoms with Crippen LogP contribution in [-0.4, -0.2) is 46.8 Å². The van der Waals surface area contributed by atoms with Crippen LogP contribution in [0.2, 0.25) is 0 Å². The highest BCUT2D eigenvalue weighted by Gasteiger charge is 2.23. The van der Waals surface area contributed by atoms with Gasteiger partial charge in [-0.15, -0.1) is 0 Å². The topological polar surface area (TPSA) is 136 Å². The summed E-state index contributed by atoms with van der Waals surface area (Å²) in [7, 11) is -4.77. The van der Waals surface area contributed by atoms with Gasteiger partial charge in [-0.1, -0.05) is 193 Å². The zero-order valence-corrected chi connectivity index (χ0v) is 36.2. The number of carbonyl (C=O) groups excluding carboxylic acids is 3. The molecule has 1 atom stereocenters. The summed E-state index contributed by atoms with van der Waals surface area (Å²) in [6, 6.07) is 0. The van der Waals surface area contributed by atoms with Gasteiger partial charge in [0.25, 0.3) is 0 Å². The van der Waals surface area contributed by atoms with Crippen LogP contribution in [-0.2, 0) is 32.9 Å².